The Morgan fingerprint density at radius 1 is 1.00 bits per heavy atom. The van der Waals surface area contributed by atoms with Crippen LogP contribution in [0.25, 0.3) is 21.1 Å². The van der Waals surface area contributed by atoms with E-state index in [9.17, 15) is 4.79 Å². The molecule has 2 aromatic carbocycles. The molecule has 1 N–H and O–H groups in total. The molecule has 1 amide bonds. The highest BCUT2D eigenvalue weighted by Gasteiger charge is 2.13. The maximum Gasteiger partial charge on any atom is 0.234 e. The molecule has 7 heteroatoms. The Balaban J connectivity index is 1.40. The van der Waals surface area contributed by atoms with Crippen LogP contribution >= 0.6 is 23.1 Å². The average molecular weight is 447 g/mol. The van der Waals surface area contributed by atoms with E-state index in [4.69, 9.17) is 0 Å². The highest BCUT2D eigenvalue weighted by atomic mass is 32.2. The summed E-state index contributed by atoms with van der Waals surface area (Å²) in [5, 5.41) is 13.3. The molecule has 2 heterocycles. The zero-order valence-electron chi connectivity index (χ0n) is 17.5. The summed E-state index contributed by atoms with van der Waals surface area (Å²) in [7, 11) is 0. The number of aromatic nitrogens is 3. The summed E-state index contributed by atoms with van der Waals surface area (Å²) >= 11 is 2.98. The third kappa shape index (κ3) is 5.18. The molecular formula is C24H22N4OS2. The summed E-state index contributed by atoms with van der Waals surface area (Å²) < 4.78 is 0. The molecule has 0 unspecified atom stereocenters. The molecule has 0 aliphatic rings. The van der Waals surface area contributed by atoms with Crippen LogP contribution in [0.4, 0.5) is 5.69 Å². The van der Waals surface area contributed by atoms with E-state index in [0.29, 0.717) is 5.03 Å². The predicted octanol–water partition coefficient (Wildman–Crippen LogP) is 5.92. The molecule has 5 nitrogen and oxygen atoms in total. The molecule has 0 aliphatic carbocycles. The Morgan fingerprint density at radius 3 is 2.55 bits per heavy atom. The molecule has 156 valence electrons. The lowest BCUT2D eigenvalue weighted by molar-refractivity contribution is -0.113. The van der Waals surface area contributed by atoms with Crippen molar-refractivity contribution in [2.24, 2.45) is 0 Å². The second-order valence-electron chi connectivity index (χ2n) is 7.21. The fourth-order valence-electron chi connectivity index (χ4n) is 3.05. The Morgan fingerprint density at radius 2 is 1.81 bits per heavy atom. The normalized spacial score (nSPS) is 10.8. The first-order valence-electron chi connectivity index (χ1n) is 9.86. The number of nitrogens with zero attached hydrogens (tertiary/aromatic N) is 3. The van der Waals surface area contributed by atoms with Crippen LogP contribution in [0.2, 0.25) is 0 Å². The van der Waals surface area contributed by atoms with Gasteiger partial charge < -0.3 is 5.32 Å². The molecule has 0 bridgehead atoms. The number of hydrogen-bond donors (Lipinski definition) is 1. The molecule has 0 radical (unpaired) electrons. The van der Waals surface area contributed by atoms with E-state index in [2.05, 4.69) is 32.6 Å². The summed E-state index contributed by atoms with van der Waals surface area (Å²) in [5.74, 6) is 0.217. The smallest absolute Gasteiger partial charge is 0.234 e. The number of thioether (sulfide) groups is 1. The molecule has 0 spiro atoms. The minimum Gasteiger partial charge on any atom is -0.325 e. The first kappa shape index (κ1) is 21.2. The molecule has 0 saturated heterocycles. The van der Waals surface area contributed by atoms with Gasteiger partial charge in [0.15, 0.2) is 0 Å². The minimum atomic E-state index is -0.0598. The van der Waals surface area contributed by atoms with Crippen molar-refractivity contribution >= 4 is 34.7 Å². The molecule has 31 heavy (non-hydrogen) atoms. The van der Waals surface area contributed by atoms with Gasteiger partial charge in [0.25, 0.3) is 0 Å². The summed E-state index contributed by atoms with van der Waals surface area (Å²) in [6, 6.07) is 20.0. The van der Waals surface area contributed by atoms with Crippen LogP contribution < -0.4 is 5.32 Å². The summed E-state index contributed by atoms with van der Waals surface area (Å²) in [4.78, 5) is 18.0. The first-order valence-corrected chi connectivity index (χ1v) is 11.7. The Bertz CT molecular complexity index is 1200. The first-order chi connectivity index (χ1) is 15.0. The summed E-state index contributed by atoms with van der Waals surface area (Å²) in [6.07, 6.45) is 0. The van der Waals surface area contributed by atoms with E-state index in [1.807, 2.05) is 69.3 Å². The lowest BCUT2D eigenvalue weighted by Crippen LogP contribution is -2.15. The van der Waals surface area contributed by atoms with Crippen molar-refractivity contribution in [3.8, 4) is 21.1 Å². The summed E-state index contributed by atoms with van der Waals surface area (Å²) in [5.41, 5.74) is 5.83. The van der Waals surface area contributed by atoms with E-state index in [0.717, 1.165) is 43.7 Å². The number of hydrogen-bond acceptors (Lipinski definition) is 6. The number of amides is 1. The Labute approximate surface area is 190 Å². The molecule has 2 aromatic heterocycles. The Kier molecular flexibility index (Phi) is 6.44. The Hall–Kier alpha value is -3.03. The van der Waals surface area contributed by atoms with Crippen molar-refractivity contribution in [1.29, 1.82) is 0 Å². The van der Waals surface area contributed by atoms with Crippen molar-refractivity contribution in [3.63, 3.8) is 0 Å². The van der Waals surface area contributed by atoms with Crippen LogP contribution in [-0.2, 0) is 4.79 Å². The van der Waals surface area contributed by atoms with Gasteiger partial charge in [-0.25, -0.2) is 4.98 Å². The predicted molar refractivity (Wildman–Crippen MR) is 129 cm³/mol. The van der Waals surface area contributed by atoms with Gasteiger partial charge in [0.2, 0.25) is 5.91 Å². The van der Waals surface area contributed by atoms with Crippen molar-refractivity contribution in [2.45, 2.75) is 25.8 Å². The van der Waals surface area contributed by atoms with E-state index in [1.54, 1.807) is 11.3 Å². The van der Waals surface area contributed by atoms with Gasteiger partial charge in [-0.05, 0) is 50.1 Å². The van der Waals surface area contributed by atoms with E-state index in [-0.39, 0.29) is 11.7 Å². The van der Waals surface area contributed by atoms with Crippen LogP contribution in [0.1, 0.15) is 16.8 Å². The number of benzene rings is 2. The molecular weight excluding hydrogens is 424 g/mol. The monoisotopic (exact) mass is 446 g/mol. The molecule has 4 rings (SSSR count). The standard InChI is InChI=1S/C24H22N4OS2/c1-15-9-10-16(2)20(13-15)26-21(29)14-30-22-12-11-19(27-28-22)23-17(3)25-24(31-23)18-7-5-4-6-8-18/h4-13H,14H2,1-3H3,(H,26,29). The van der Waals surface area contributed by atoms with Crippen LogP contribution in [-0.4, -0.2) is 26.8 Å². The maximum absolute atomic E-state index is 12.3. The molecule has 0 fully saturated rings. The van der Waals surface area contributed by atoms with Crippen molar-refractivity contribution in [2.75, 3.05) is 11.1 Å². The minimum absolute atomic E-state index is 0.0598. The van der Waals surface area contributed by atoms with Gasteiger partial charge in [-0.15, -0.1) is 21.5 Å². The van der Waals surface area contributed by atoms with Crippen LogP contribution in [0.3, 0.4) is 0 Å². The van der Waals surface area contributed by atoms with Crippen LogP contribution in [0.5, 0.6) is 0 Å². The number of aryl methyl sites for hydroxylation is 3. The fourth-order valence-corrected chi connectivity index (χ4v) is 4.70. The third-order valence-corrected chi connectivity index (χ3v) is 6.86. The largest absolute Gasteiger partial charge is 0.325 e. The highest BCUT2D eigenvalue weighted by Crippen LogP contribution is 2.34. The van der Waals surface area contributed by atoms with Crippen molar-refractivity contribution in [1.82, 2.24) is 15.2 Å². The van der Waals surface area contributed by atoms with E-state index < -0.39 is 0 Å². The van der Waals surface area contributed by atoms with Crippen LogP contribution in [0.15, 0.2) is 65.7 Å². The van der Waals surface area contributed by atoms with Gasteiger partial charge in [-0.1, -0.05) is 54.2 Å². The number of nitrogens with one attached hydrogen (secondary N) is 1. The van der Waals surface area contributed by atoms with Gasteiger partial charge in [0, 0.05) is 11.3 Å². The second-order valence-corrected chi connectivity index (χ2v) is 9.21. The quantitative estimate of drug-likeness (QED) is 0.372. The fraction of sp³-hybridized carbons (Fsp3) is 0.167. The number of thiazole rings is 1. The lowest BCUT2D eigenvalue weighted by Gasteiger charge is -2.09. The van der Waals surface area contributed by atoms with Gasteiger partial charge in [-0.3, -0.25) is 4.79 Å². The molecule has 0 aliphatic heterocycles. The van der Waals surface area contributed by atoms with E-state index >= 15 is 0 Å². The zero-order valence-corrected chi connectivity index (χ0v) is 19.2. The van der Waals surface area contributed by atoms with Gasteiger partial charge in [0.1, 0.15) is 15.7 Å². The maximum atomic E-state index is 12.3. The number of carbonyl (C=O) groups is 1. The molecule has 0 atom stereocenters. The molecule has 4 aromatic rings. The van der Waals surface area contributed by atoms with Gasteiger partial charge in [0.05, 0.1) is 16.3 Å². The van der Waals surface area contributed by atoms with E-state index in [1.165, 1.54) is 11.8 Å². The number of anilines is 1. The van der Waals surface area contributed by atoms with Gasteiger partial charge in [-0.2, -0.15) is 0 Å². The van der Waals surface area contributed by atoms with Crippen molar-refractivity contribution in [3.05, 3.63) is 77.5 Å². The van der Waals surface area contributed by atoms with Crippen LogP contribution in [0, 0.1) is 20.8 Å². The van der Waals surface area contributed by atoms with Crippen molar-refractivity contribution < 1.29 is 4.79 Å². The van der Waals surface area contributed by atoms with Gasteiger partial charge >= 0.3 is 0 Å². The number of rotatable bonds is 6. The average Bonchev–Trinajstić information content (AvgIpc) is 3.17. The highest BCUT2D eigenvalue weighted by molar-refractivity contribution is 7.99. The number of carbonyl (C=O) groups excluding carboxylic acids is 1. The zero-order chi connectivity index (χ0) is 21.8. The SMILES string of the molecule is Cc1ccc(C)c(NC(=O)CSc2ccc(-c3sc(-c4ccccc4)nc3C)nn2)c1. The lowest BCUT2D eigenvalue weighted by atomic mass is 10.1. The topological polar surface area (TPSA) is 67.8 Å². The second kappa shape index (κ2) is 9.41. The summed E-state index contributed by atoms with van der Waals surface area (Å²) in [6.45, 7) is 5.98. The third-order valence-electron chi connectivity index (χ3n) is 4.71. The molecule has 0 saturated carbocycles.